The number of methoxy groups -OCH3 is 1. The Hall–Kier alpha value is -1.33. The van der Waals surface area contributed by atoms with Gasteiger partial charge in [0.2, 0.25) is 5.76 Å². The van der Waals surface area contributed by atoms with E-state index in [1.165, 1.54) is 7.11 Å². The van der Waals surface area contributed by atoms with Gasteiger partial charge in [0.05, 0.1) is 19.8 Å². The quantitative estimate of drug-likeness (QED) is 0.759. The number of aliphatic hydroxyl groups is 1. The number of esters is 1. The molecule has 102 valence electrons. The van der Waals surface area contributed by atoms with Crippen molar-refractivity contribution in [2.24, 2.45) is 0 Å². The monoisotopic (exact) mass is 255 g/mol. The molecule has 0 aromatic carbocycles. The molecule has 2 N–H and O–H groups in total. The van der Waals surface area contributed by atoms with E-state index in [4.69, 9.17) is 4.42 Å². The third kappa shape index (κ3) is 3.34. The Morgan fingerprint density at radius 3 is 2.78 bits per heavy atom. The lowest BCUT2D eigenvalue weighted by atomic mass is 9.98. The van der Waals surface area contributed by atoms with E-state index in [2.05, 4.69) is 10.1 Å². The summed E-state index contributed by atoms with van der Waals surface area (Å²) in [5, 5.41) is 12.6. The predicted molar refractivity (Wildman–Crippen MR) is 67.4 cm³/mol. The first-order valence-electron chi connectivity index (χ1n) is 6.02. The number of hydrogen-bond donors (Lipinski definition) is 2. The summed E-state index contributed by atoms with van der Waals surface area (Å²) in [5.41, 5.74) is -0.363. The van der Waals surface area contributed by atoms with Crippen molar-refractivity contribution in [1.82, 2.24) is 5.32 Å². The Bertz CT molecular complexity index is 395. The second kappa shape index (κ2) is 6.02. The van der Waals surface area contributed by atoms with Crippen molar-refractivity contribution in [3.8, 4) is 0 Å². The number of hydrogen-bond acceptors (Lipinski definition) is 5. The van der Waals surface area contributed by atoms with Crippen molar-refractivity contribution in [3.05, 3.63) is 23.7 Å². The lowest BCUT2D eigenvalue weighted by Gasteiger charge is -2.30. The first kappa shape index (κ1) is 14.7. The molecule has 0 aliphatic rings. The minimum Gasteiger partial charge on any atom is -0.463 e. The number of carbonyl (C=O) groups excluding carboxylic acids is 1. The van der Waals surface area contributed by atoms with Crippen LogP contribution in [0.1, 0.15) is 49.5 Å². The molecule has 18 heavy (non-hydrogen) atoms. The molecule has 0 radical (unpaired) electrons. The molecule has 0 bridgehead atoms. The molecule has 0 saturated carbocycles. The van der Waals surface area contributed by atoms with Crippen LogP contribution in [0.2, 0.25) is 0 Å². The second-order valence-electron chi connectivity index (χ2n) is 4.63. The van der Waals surface area contributed by atoms with Gasteiger partial charge in [0.1, 0.15) is 5.76 Å². The van der Waals surface area contributed by atoms with Crippen molar-refractivity contribution >= 4 is 5.97 Å². The van der Waals surface area contributed by atoms with Crippen LogP contribution in [0.15, 0.2) is 16.5 Å². The van der Waals surface area contributed by atoms with Crippen LogP contribution in [0.3, 0.4) is 0 Å². The molecule has 0 fully saturated rings. The summed E-state index contributed by atoms with van der Waals surface area (Å²) in [6.07, 6.45) is 0.790. The first-order chi connectivity index (χ1) is 8.45. The summed E-state index contributed by atoms with van der Waals surface area (Å²) in [6.45, 7) is 5.90. The summed E-state index contributed by atoms with van der Waals surface area (Å²) in [5.74, 6) is 0.334. The summed E-state index contributed by atoms with van der Waals surface area (Å²) < 4.78 is 9.99. The van der Waals surface area contributed by atoms with Gasteiger partial charge in [0.25, 0.3) is 0 Å². The van der Waals surface area contributed by atoms with Crippen LogP contribution in [-0.2, 0) is 4.74 Å². The highest BCUT2D eigenvalue weighted by Gasteiger charge is 2.25. The predicted octanol–water partition coefficient (Wildman–Crippen LogP) is 1.88. The van der Waals surface area contributed by atoms with Gasteiger partial charge in [0.15, 0.2) is 0 Å². The van der Waals surface area contributed by atoms with Gasteiger partial charge in [-0.05, 0) is 32.4 Å². The maximum atomic E-state index is 11.3. The van der Waals surface area contributed by atoms with Crippen LogP contribution in [0.25, 0.3) is 0 Å². The lowest BCUT2D eigenvalue weighted by Crippen LogP contribution is -2.46. The molecule has 0 saturated heterocycles. The van der Waals surface area contributed by atoms with Crippen molar-refractivity contribution < 1.29 is 19.1 Å². The molecule has 5 nitrogen and oxygen atoms in total. The topological polar surface area (TPSA) is 71.7 Å². The van der Waals surface area contributed by atoms with Crippen molar-refractivity contribution in [3.63, 3.8) is 0 Å². The molecule has 0 aliphatic heterocycles. The van der Waals surface area contributed by atoms with Crippen LogP contribution in [0.5, 0.6) is 0 Å². The van der Waals surface area contributed by atoms with Crippen LogP contribution in [-0.4, -0.2) is 30.3 Å². The van der Waals surface area contributed by atoms with Crippen molar-refractivity contribution in [2.45, 2.75) is 38.8 Å². The van der Waals surface area contributed by atoms with Crippen LogP contribution in [0, 0.1) is 0 Å². The number of rotatable bonds is 6. The Morgan fingerprint density at radius 1 is 1.61 bits per heavy atom. The summed E-state index contributed by atoms with van der Waals surface area (Å²) >= 11 is 0. The normalized spacial score (nSPS) is 16.1. The molecule has 2 atom stereocenters. The standard InChI is InChI=1S/C13H21NO4/c1-5-13(3,8-15)14-9(2)10-6-7-11(18-10)12(16)17-4/h6-7,9,14-15H,5,8H2,1-4H3. The molecule has 2 unspecified atom stereocenters. The molecular formula is C13H21NO4. The highest BCUT2D eigenvalue weighted by molar-refractivity contribution is 5.86. The van der Waals surface area contributed by atoms with E-state index in [1.807, 2.05) is 20.8 Å². The SMILES string of the molecule is CCC(C)(CO)NC(C)c1ccc(C(=O)OC)o1. The fraction of sp³-hybridized carbons (Fsp3) is 0.615. The molecule has 1 heterocycles. The van der Waals surface area contributed by atoms with E-state index in [0.717, 1.165) is 6.42 Å². The Balaban J connectivity index is 2.75. The maximum absolute atomic E-state index is 11.3. The van der Waals surface area contributed by atoms with E-state index in [-0.39, 0.29) is 23.9 Å². The van der Waals surface area contributed by atoms with Crippen molar-refractivity contribution in [1.29, 1.82) is 0 Å². The molecule has 1 aromatic heterocycles. The van der Waals surface area contributed by atoms with Gasteiger partial charge in [-0.3, -0.25) is 0 Å². The lowest BCUT2D eigenvalue weighted by molar-refractivity contribution is 0.0561. The molecule has 1 rings (SSSR count). The zero-order valence-corrected chi connectivity index (χ0v) is 11.3. The molecule has 0 aliphatic carbocycles. The molecule has 1 aromatic rings. The number of aliphatic hydroxyl groups excluding tert-OH is 1. The van der Waals surface area contributed by atoms with Gasteiger partial charge < -0.3 is 19.6 Å². The average molecular weight is 255 g/mol. The summed E-state index contributed by atoms with van der Waals surface area (Å²) in [7, 11) is 1.31. The third-order valence-electron chi connectivity index (χ3n) is 3.13. The van der Waals surface area contributed by atoms with Gasteiger partial charge in [-0.2, -0.15) is 0 Å². The highest BCUT2D eigenvalue weighted by atomic mass is 16.5. The minimum atomic E-state index is -0.492. The minimum absolute atomic E-state index is 0.0401. The van der Waals surface area contributed by atoms with Crippen LogP contribution < -0.4 is 5.32 Å². The largest absolute Gasteiger partial charge is 0.463 e. The van der Waals surface area contributed by atoms with Gasteiger partial charge in [-0.1, -0.05) is 6.92 Å². The zero-order chi connectivity index (χ0) is 13.8. The van der Waals surface area contributed by atoms with Gasteiger partial charge in [0, 0.05) is 5.54 Å². The number of nitrogens with one attached hydrogen (secondary N) is 1. The Labute approximate surface area is 107 Å². The second-order valence-corrected chi connectivity index (χ2v) is 4.63. The van der Waals surface area contributed by atoms with Gasteiger partial charge in [-0.15, -0.1) is 0 Å². The van der Waals surface area contributed by atoms with Gasteiger partial charge >= 0.3 is 5.97 Å². The smallest absolute Gasteiger partial charge is 0.373 e. The van der Waals surface area contributed by atoms with Crippen molar-refractivity contribution in [2.75, 3.05) is 13.7 Å². The van der Waals surface area contributed by atoms with E-state index >= 15 is 0 Å². The molecule has 5 heteroatoms. The van der Waals surface area contributed by atoms with Crippen LogP contribution >= 0.6 is 0 Å². The number of ether oxygens (including phenoxy) is 1. The van der Waals surface area contributed by atoms with E-state index in [1.54, 1.807) is 12.1 Å². The number of furan rings is 1. The first-order valence-corrected chi connectivity index (χ1v) is 6.02. The molecular weight excluding hydrogens is 234 g/mol. The fourth-order valence-corrected chi connectivity index (χ4v) is 1.65. The Kier molecular flexibility index (Phi) is 4.93. The molecule has 0 spiro atoms. The third-order valence-corrected chi connectivity index (χ3v) is 3.13. The molecule has 0 amide bonds. The average Bonchev–Trinajstić information content (AvgIpc) is 2.87. The van der Waals surface area contributed by atoms with E-state index < -0.39 is 5.97 Å². The van der Waals surface area contributed by atoms with Crippen LogP contribution in [0.4, 0.5) is 0 Å². The van der Waals surface area contributed by atoms with E-state index in [9.17, 15) is 9.90 Å². The Morgan fingerprint density at radius 2 is 2.28 bits per heavy atom. The maximum Gasteiger partial charge on any atom is 0.373 e. The summed E-state index contributed by atoms with van der Waals surface area (Å²) in [6, 6.07) is 3.22. The number of carbonyl (C=O) groups is 1. The zero-order valence-electron chi connectivity index (χ0n) is 11.3. The van der Waals surface area contributed by atoms with E-state index in [0.29, 0.717) is 5.76 Å². The van der Waals surface area contributed by atoms with Gasteiger partial charge in [-0.25, -0.2) is 4.79 Å². The summed E-state index contributed by atoms with van der Waals surface area (Å²) in [4.78, 5) is 11.3. The fourth-order valence-electron chi connectivity index (χ4n) is 1.65. The highest BCUT2D eigenvalue weighted by Crippen LogP contribution is 2.21.